The maximum atomic E-state index is 12.4. The van der Waals surface area contributed by atoms with Crippen molar-refractivity contribution in [1.29, 1.82) is 0 Å². The highest BCUT2D eigenvalue weighted by Crippen LogP contribution is 2.18. The molecule has 8 heteroatoms. The summed E-state index contributed by atoms with van der Waals surface area (Å²) in [6, 6.07) is 16.6. The van der Waals surface area contributed by atoms with Crippen LogP contribution in [0.3, 0.4) is 0 Å². The number of hydrogen-bond acceptors (Lipinski definition) is 7. The molecule has 0 spiro atoms. The van der Waals surface area contributed by atoms with Crippen LogP contribution in [0, 0.1) is 0 Å². The third kappa shape index (κ3) is 4.72. The Morgan fingerprint density at radius 3 is 2.12 bits per heavy atom. The third-order valence-corrected chi connectivity index (χ3v) is 5.34. The SMILES string of the molecule is Nc1ccccc1NC(=O)c1ccc(CNC2C(=O)C(=O)C2NCc2cccnc2)cc1. The Kier molecular flexibility index (Phi) is 6.34. The van der Waals surface area contributed by atoms with Crippen molar-refractivity contribution >= 4 is 28.8 Å². The molecule has 1 aliphatic carbocycles. The minimum absolute atomic E-state index is 0.262. The van der Waals surface area contributed by atoms with Crippen LogP contribution in [0.5, 0.6) is 0 Å². The maximum Gasteiger partial charge on any atom is 0.255 e. The van der Waals surface area contributed by atoms with Gasteiger partial charge in [0, 0.05) is 31.0 Å². The number of ketones is 2. The Labute approximate surface area is 185 Å². The lowest BCUT2D eigenvalue weighted by atomic mass is 9.82. The van der Waals surface area contributed by atoms with E-state index in [1.807, 2.05) is 12.1 Å². The average molecular weight is 429 g/mol. The number of anilines is 2. The van der Waals surface area contributed by atoms with Crippen molar-refractivity contribution in [1.82, 2.24) is 15.6 Å². The van der Waals surface area contributed by atoms with Crippen molar-refractivity contribution in [2.45, 2.75) is 25.2 Å². The summed E-state index contributed by atoms with van der Waals surface area (Å²) in [7, 11) is 0. The van der Waals surface area contributed by atoms with E-state index >= 15 is 0 Å². The maximum absolute atomic E-state index is 12.4. The highest BCUT2D eigenvalue weighted by molar-refractivity contribution is 6.49. The number of rotatable bonds is 8. The largest absolute Gasteiger partial charge is 0.397 e. The Bertz CT molecular complexity index is 1130. The average Bonchev–Trinajstić information content (AvgIpc) is 2.83. The zero-order valence-electron chi connectivity index (χ0n) is 17.2. The summed E-state index contributed by atoms with van der Waals surface area (Å²) in [6.45, 7) is 0.841. The second kappa shape index (κ2) is 9.51. The van der Waals surface area contributed by atoms with Crippen LogP contribution in [0.15, 0.2) is 73.1 Å². The lowest BCUT2D eigenvalue weighted by Crippen LogP contribution is -2.69. The van der Waals surface area contributed by atoms with Gasteiger partial charge in [0.25, 0.3) is 5.91 Å². The summed E-state index contributed by atoms with van der Waals surface area (Å²) in [5.41, 5.74) is 9.22. The number of carbonyl (C=O) groups excluding carboxylic acids is 3. The third-order valence-electron chi connectivity index (χ3n) is 5.34. The molecule has 1 heterocycles. The molecule has 1 fully saturated rings. The fourth-order valence-corrected chi connectivity index (χ4v) is 3.47. The van der Waals surface area contributed by atoms with Gasteiger partial charge in [-0.1, -0.05) is 30.3 Å². The van der Waals surface area contributed by atoms with Crippen LogP contribution in [0.1, 0.15) is 21.5 Å². The molecule has 1 aliphatic rings. The molecule has 8 nitrogen and oxygen atoms in total. The first-order valence-electron chi connectivity index (χ1n) is 10.2. The molecule has 3 aromatic rings. The minimum Gasteiger partial charge on any atom is -0.397 e. The molecule has 0 saturated heterocycles. The second-order valence-corrected chi connectivity index (χ2v) is 7.55. The Hall–Kier alpha value is -3.88. The van der Waals surface area contributed by atoms with Gasteiger partial charge in [0.2, 0.25) is 11.6 Å². The quantitative estimate of drug-likeness (QED) is 0.317. The van der Waals surface area contributed by atoms with Gasteiger partial charge < -0.3 is 21.7 Å². The number of nitrogens with one attached hydrogen (secondary N) is 3. The fourth-order valence-electron chi connectivity index (χ4n) is 3.47. The summed E-state index contributed by atoms with van der Waals surface area (Å²) < 4.78 is 0. The number of aromatic nitrogens is 1. The van der Waals surface area contributed by atoms with E-state index in [0.717, 1.165) is 11.1 Å². The van der Waals surface area contributed by atoms with Gasteiger partial charge in [-0.05, 0) is 41.5 Å². The van der Waals surface area contributed by atoms with E-state index in [2.05, 4.69) is 20.9 Å². The van der Waals surface area contributed by atoms with Crippen LogP contribution in [-0.4, -0.2) is 34.5 Å². The topological polar surface area (TPSA) is 126 Å². The first kappa shape index (κ1) is 21.4. The summed E-state index contributed by atoms with van der Waals surface area (Å²) in [5.74, 6) is -1.11. The second-order valence-electron chi connectivity index (χ2n) is 7.55. The van der Waals surface area contributed by atoms with Gasteiger partial charge >= 0.3 is 0 Å². The Morgan fingerprint density at radius 1 is 0.844 bits per heavy atom. The number of para-hydroxylation sites is 2. The standard InChI is InChI=1S/C24H23N5O3/c25-18-5-1-2-6-19(18)29-24(32)17-9-7-15(8-10-17)13-27-20-21(23(31)22(20)30)28-14-16-4-3-11-26-12-16/h1-12,20-21,27-28H,13-14,25H2,(H,29,32). The first-order valence-corrected chi connectivity index (χ1v) is 10.2. The fraction of sp³-hybridized carbons (Fsp3) is 0.167. The predicted molar refractivity (Wildman–Crippen MR) is 121 cm³/mol. The number of nitrogen functional groups attached to an aromatic ring is 1. The first-order chi connectivity index (χ1) is 15.5. The van der Waals surface area contributed by atoms with E-state index in [-0.39, 0.29) is 5.91 Å². The molecule has 5 N–H and O–H groups in total. The number of benzene rings is 2. The highest BCUT2D eigenvalue weighted by Gasteiger charge is 2.48. The number of amides is 1. The number of nitrogens with zero attached hydrogens (tertiary/aromatic N) is 1. The molecular formula is C24H23N5O3. The normalized spacial score (nSPS) is 17.6. The van der Waals surface area contributed by atoms with Crippen molar-refractivity contribution in [3.8, 4) is 0 Å². The number of carbonyl (C=O) groups is 3. The van der Waals surface area contributed by atoms with E-state index in [1.165, 1.54) is 0 Å². The molecule has 1 amide bonds. The monoisotopic (exact) mass is 429 g/mol. The van der Waals surface area contributed by atoms with Gasteiger partial charge in [-0.3, -0.25) is 19.4 Å². The Morgan fingerprint density at radius 2 is 1.50 bits per heavy atom. The number of nitrogens with two attached hydrogens (primary N) is 1. The zero-order valence-corrected chi connectivity index (χ0v) is 17.2. The van der Waals surface area contributed by atoms with Gasteiger partial charge in [-0.15, -0.1) is 0 Å². The molecule has 0 aliphatic heterocycles. The van der Waals surface area contributed by atoms with Gasteiger partial charge in [0.05, 0.1) is 23.5 Å². The van der Waals surface area contributed by atoms with Crippen molar-refractivity contribution in [3.05, 3.63) is 89.7 Å². The lowest BCUT2D eigenvalue weighted by molar-refractivity contribution is -0.147. The molecule has 4 rings (SSSR count). The molecule has 32 heavy (non-hydrogen) atoms. The van der Waals surface area contributed by atoms with Crippen LogP contribution >= 0.6 is 0 Å². The van der Waals surface area contributed by atoms with E-state index in [4.69, 9.17) is 5.73 Å². The molecule has 162 valence electrons. The van der Waals surface area contributed by atoms with Gasteiger partial charge in [-0.25, -0.2) is 0 Å². The van der Waals surface area contributed by atoms with Crippen LogP contribution in [0.2, 0.25) is 0 Å². The minimum atomic E-state index is -0.580. The highest BCUT2D eigenvalue weighted by atomic mass is 16.2. The van der Waals surface area contributed by atoms with E-state index in [9.17, 15) is 14.4 Å². The predicted octanol–water partition coefficient (Wildman–Crippen LogP) is 1.68. The molecule has 2 aromatic carbocycles. The van der Waals surface area contributed by atoms with Crippen molar-refractivity contribution < 1.29 is 14.4 Å². The van der Waals surface area contributed by atoms with Gasteiger partial charge in [0.1, 0.15) is 0 Å². The molecule has 0 radical (unpaired) electrons. The number of hydrogen-bond donors (Lipinski definition) is 4. The molecule has 2 atom stereocenters. The van der Waals surface area contributed by atoms with Crippen molar-refractivity contribution in [2.75, 3.05) is 11.1 Å². The number of Topliss-reactive ketones (excluding diaryl/α,β-unsaturated/α-hetero) is 2. The summed E-state index contributed by atoms with van der Waals surface area (Å²) in [4.78, 5) is 40.5. The van der Waals surface area contributed by atoms with Crippen LogP contribution < -0.4 is 21.7 Å². The summed E-state index contributed by atoms with van der Waals surface area (Å²) in [6.07, 6.45) is 3.39. The van der Waals surface area contributed by atoms with Crippen molar-refractivity contribution in [3.63, 3.8) is 0 Å². The van der Waals surface area contributed by atoms with Crippen LogP contribution in [0.4, 0.5) is 11.4 Å². The van der Waals surface area contributed by atoms with Gasteiger partial charge in [-0.2, -0.15) is 0 Å². The lowest BCUT2D eigenvalue weighted by Gasteiger charge is -2.34. The molecule has 2 unspecified atom stereocenters. The molecule has 0 bridgehead atoms. The summed E-state index contributed by atoms with van der Waals surface area (Å²) in [5, 5.41) is 9.03. The molecular weight excluding hydrogens is 406 g/mol. The van der Waals surface area contributed by atoms with Gasteiger partial charge in [0.15, 0.2) is 0 Å². The zero-order chi connectivity index (χ0) is 22.5. The van der Waals surface area contributed by atoms with Crippen LogP contribution in [0.25, 0.3) is 0 Å². The molecule has 1 saturated carbocycles. The van der Waals surface area contributed by atoms with E-state index in [0.29, 0.717) is 30.0 Å². The van der Waals surface area contributed by atoms with E-state index < -0.39 is 23.7 Å². The summed E-state index contributed by atoms with van der Waals surface area (Å²) >= 11 is 0. The van der Waals surface area contributed by atoms with Crippen LogP contribution in [-0.2, 0) is 22.7 Å². The van der Waals surface area contributed by atoms with E-state index in [1.54, 1.807) is 60.9 Å². The Balaban J connectivity index is 1.31. The number of pyridine rings is 1. The van der Waals surface area contributed by atoms with Crippen molar-refractivity contribution in [2.24, 2.45) is 0 Å². The molecule has 1 aromatic heterocycles. The smallest absolute Gasteiger partial charge is 0.255 e.